The lowest BCUT2D eigenvalue weighted by atomic mass is 10.2. The summed E-state index contributed by atoms with van der Waals surface area (Å²) >= 11 is 5.34. The van der Waals surface area contributed by atoms with Gasteiger partial charge in [-0.15, -0.1) is 11.6 Å². The van der Waals surface area contributed by atoms with Crippen LogP contribution in [0, 0.1) is 5.82 Å². The van der Waals surface area contributed by atoms with Gasteiger partial charge in [0.25, 0.3) is 0 Å². The highest BCUT2D eigenvalue weighted by Gasteiger charge is 2.15. The third kappa shape index (κ3) is 5.98. The molecule has 0 saturated heterocycles. The predicted molar refractivity (Wildman–Crippen MR) is 93.1 cm³/mol. The summed E-state index contributed by atoms with van der Waals surface area (Å²) in [4.78, 5) is 26.7. The molecule has 2 rings (SSSR count). The fourth-order valence-corrected chi connectivity index (χ4v) is 2.06. The van der Waals surface area contributed by atoms with E-state index < -0.39 is 23.9 Å². The number of amides is 2. The topological polar surface area (TPSA) is 101 Å². The maximum Gasteiger partial charge on any atom is 0.412 e. The Hall–Kier alpha value is -2.71. The fraction of sp³-hybridized carbons (Fsp3) is 0.235. The zero-order chi connectivity index (χ0) is 18.9. The highest BCUT2D eigenvalue weighted by atomic mass is 35.5. The zero-order valence-corrected chi connectivity index (χ0v) is 14.4. The molecule has 0 bridgehead atoms. The van der Waals surface area contributed by atoms with Crippen LogP contribution in [-0.4, -0.2) is 34.5 Å². The van der Waals surface area contributed by atoms with Crippen molar-refractivity contribution < 1.29 is 23.8 Å². The minimum Gasteiger partial charge on any atom is -0.444 e. The van der Waals surface area contributed by atoms with E-state index in [2.05, 4.69) is 15.6 Å². The van der Waals surface area contributed by atoms with Crippen molar-refractivity contribution in [2.75, 3.05) is 17.7 Å². The summed E-state index contributed by atoms with van der Waals surface area (Å²) in [6.07, 6.45) is -1.19. The molecule has 0 aliphatic rings. The highest BCUT2D eigenvalue weighted by Crippen LogP contribution is 2.19. The second-order valence-corrected chi connectivity index (χ2v) is 5.50. The molecule has 0 aliphatic heterocycles. The van der Waals surface area contributed by atoms with Gasteiger partial charge in [0.15, 0.2) is 5.82 Å². The van der Waals surface area contributed by atoms with Crippen LogP contribution in [0.1, 0.15) is 17.4 Å². The minimum atomic E-state index is -1.19. The van der Waals surface area contributed by atoms with Gasteiger partial charge in [-0.2, -0.15) is 0 Å². The van der Waals surface area contributed by atoms with E-state index in [-0.39, 0.29) is 30.4 Å². The fourth-order valence-electron chi connectivity index (χ4n) is 1.96. The monoisotopic (exact) mass is 381 g/mol. The van der Waals surface area contributed by atoms with Gasteiger partial charge in [-0.05, 0) is 11.6 Å². The number of ether oxygens (including phenoxy) is 1. The molecule has 1 unspecified atom stereocenters. The molecule has 7 nitrogen and oxygen atoms in total. The van der Waals surface area contributed by atoms with Crippen LogP contribution in [0.25, 0.3) is 0 Å². The first kappa shape index (κ1) is 19.6. The number of carbonyl (C=O) groups excluding carboxylic acids is 2. The Kier molecular flexibility index (Phi) is 7.31. The second-order valence-electron chi connectivity index (χ2n) is 5.23. The summed E-state index contributed by atoms with van der Waals surface area (Å²) in [6.45, 7) is -0.124. The molecule has 1 atom stereocenters. The Balaban J connectivity index is 1.95. The first-order chi connectivity index (χ1) is 12.5. The van der Waals surface area contributed by atoms with Gasteiger partial charge >= 0.3 is 6.09 Å². The molecule has 26 heavy (non-hydrogen) atoms. The van der Waals surface area contributed by atoms with Crippen LogP contribution in [-0.2, 0) is 16.1 Å². The summed E-state index contributed by atoms with van der Waals surface area (Å²) in [5.41, 5.74) is 0.652. The van der Waals surface area contributed by atoms with Crippen molar-refractivity contribution in [2.24, 2.45) is 0 Å². The lowest BCUT2D eigenvalue weighted by Crippen LogP contribution is -2.29. The van der Waals surface area contributed by atoms with Gasteiger partial charge in [0.05, 0.1) is 17.6 Å². The number of nitrogens with zero attached hydrogens (tertiary/aromatic N) is 1. The highest BCUT2D eigenvalue weighted by molar-refractivity contribution is 6.27. The molecule has 1 heterocycles. The number of anilines is 1. The van der Waals surface area contributed by atoms with Crippen LogP contribution in [0.4, 0.5) is 14.9 Å². The van der Waals surface area contributed by atoms with Gasteiger partial charge in [-0.25, -0.2) is 9.18 Å². The second kappa shape index (κ2) is 9.69. The van der Waals surface area contributed by atoms with Crippen molar-refractivity contribution in [2.45, 2.75) is 12.7 Å². The third-order valence-electron chi connectivity index (χ3n) is 3.28. The molecule has 1 aromatic carbocycles. The molecule has 0 aliphatic carbocycles. The molecule has 0 fully saturated rings. The first-order valence-electron chi connectivity index (χ1n) is 7.63. The standard InChI is InChI=1S/C17H17ClFN3O4/c18-7-16(24)21-9-15(23)14-6-13(12(19)8-20-14)22-17(25)26-10-11-4-2-1-3-5-11/h1-6,8,15,23H,7,9-10H2,(H,21,24)(H,20,22,25). The number of alkyl halides is 1. The Morgan fingerprint density at radius 1 is 1.31 bits per heavy atom. The van der Waals surface area contributed by atoms with Crippen LogP contribution in [0.15, 0.2) is 42.6 Å². The smallest absolute Gasteiger partial charge is 0.412 e. The van der Waals surface area contributed by atoms with Crippen LogP contribution < -0.4 is 10.6 Å². The van der Waals surface area contributed by atoms with Crippen LogP contribution in [0.5, 0.6) is 0 Å². The van der Waals surface area contributed by atoms with Gasteiger partial charge < -0.3 is 15.2 Å². The van der Waals surface area contributed by atoms with E-state index in [9.17, 15) is 19.1 Å². The molecular weight excluding hydrogens is 365 g/mol. The third-order valence-corrected chi connectivity index (χ3v) is 3.52. The van der Waals surface area contributed by atoms with E-state index in [1.54, 1.807) is 24.3 Å². The van der Waals surface area contributed by atoms with Crippen molar-refractivity contribution in [3.05, 3.63) is 59.7 Å². The van der Waals surface area contributed by atoms with Crippen molar-refractivity contribution in [3.8, 4) is 0 Å². The summed E-state index contributed by atoms with van der Waals surface area (Å²) in [7, 11) is 0. The lowest BCUT2D eigenvalue weighted by Gasteiger charge is -2.13. The molecule has 1 aromatic heterocycles. The molecule has 2 aromatic rings. The number of nitrogens with one attached hydrogen (secondary N) is 2. The number of benzene rings is 1. The van der Waals surface area contributed by atoms with Crippen molar-refractivity contribution in [1.29, 1.82) is 0 Å². The van der Waals surface area contributed by atoms with E-state index >= 15 is 0 Å². The number of aromatic nitrogens is 1. The average molecular weight is 382 g/mol. The number of rotatable bonds is 7. The number of aliphatic hydroxyl groups is 1. The Bertz CT molecular complexity index is 761. The zero-order valence-electron chi connectivity index (χ0n) is 13.6. The molecule has 2 amide bonds. The molecule has 0 saturated carbocycles. The van der Waals surface area contributed by atoms with Crippen LogP contribution in [0.3, 0.4) is 0 Å². The maximum atomic E-state index is 13.8. The first-order valence-corrected chi connectivity index (χ1v) is 8.17. The molecule has 0 spiro atoms. The minimum absolute atomic E-state index is 0.0271. The number of hydrogen-bond acceptors (Lipinski definition) is 5. The van der Waals surface area contributed by atoms with Crippen molar-refractivity contribution in [3.63, 3.8) is 0 Å². The SMILES string of the molecule is O=C(CCl)NCC(O)c1cc(NC(=O)OCc2ccccc2)c(F)cn1. The summed E-state index contributed by atoms with van der Waals surface area (Å²) in [6, 6.07) is 10.2. The number of carbonyl (C=O) groups is 2. The van der Waals surface area contributed by atoms with Gasteiger partial charge in [-0.3, -0.25) is 15.1 Å². The normalized spacial score (nSPS) is 11.5. The van der Waals surface area contributed by atoms with Crippen LogP contribution in [0.2, 0.25) is 0 Å². The Morgan fingerprint density at radius 2 is 2.04 bits per heavy atom. The van der Waals surface area contributed by atoms with E-state index in [1.165, 1.54) is 0 Å². The van der Waals surface area contributed by atoms with E-state index in [4.69, 9.17) is 16.3 Å². The number of halogens is 2. The average Bonchev–Trinajstić information content (AvgIpc) is 2.66. The number of pyridine rings is 1. The molecule has 9 heteroatoms. The van der Waals surface area contributed by atoms with Gasteiger partial charge in [0, 0.05) is 6.54 Å². The van der Waals surface area contributed by atoms with Crippen molar-refractivity contribution >= 4 is 29.3 Å². The van der Waals surface area contributed by atoms with Gasteiger partial charge in [-0.1, -0.05) is 30.3 Å². The summed E-state index contributed by atoms with van der Waals surface area (Å²) < 4.78 is 18.8. The Morgan fingerprint density at radius 3 is 2.73 bits per heavy atom. The van der Waals surface area contributed by atoms with Crippen molar-refractivity contribution in [1.82, 2.24) is 10.3 Å². The lowest BCUT2D eigenvalue weighted by molar-refractivity contribution is -0.119. The van der Waals surface area contributed by atoms with E-state index in [0.717, 1.165) is 17.8 Å². The van der Waals surface area contributed by atoms with E-state index in [1.807, 2.05) is 6.07 Å². The maximum absolute atomic E-state index is 13.8. The van der Waals surface area contributed by atoms with Gasteiger partial charge in [0.2, 0.25) is 5.91 Å². The van der Waals surface area contributed by atoms with Crippen LogP contribution >= 0.6 is 11.6 Å². The number of aliphatic hydroxyl groups excluding tert-OH is 1. The number of hydrogen-bond donors (Lipinski definition) is 3. The molecule has 138 valence electrons. The largest absolute Gasteiger partial charge is 0.444 e. The Labute approximate surface area is 154 Å². The molecule has 3 N–H and O–H groups in total. The quantitative estimate of drug-likeness (QED) is 0.639. The van der Waals surface area contributed by atoms with E-state index in [0.29, 0.717) is 0 Å². The molecule has 0 radical (unpaired) electrons. The molecular formula is C17H17ClFN3O4. The summed E-state index contributed by atoms with van der Waals surface area (Å²) in [5.74, 6) is -1.50. The van der Waals surface area contributed by atoms with Gasteiger partial charge in [0.1, 0.15) is 18.6 Å². The summed E-state index contributed by atoms with van der Waals surface area (Å²) in [5, 5.41) is 14.6. The predicted octanol–water partition coefficient (Wildman–Crippen LogP) is 2.36.